The van der Waals surface area contributed by atoms with Crippen LogP contribution in [-0.4, -0.2) is 41.5 Å². The third-order valence-corrected chi connectivity index (χ3v) is 7.62. The fourth-order valence-electron chi connectivity index (χ4n) is 4.06. The van der Waals surface area contributed by atoms with Gasteiger partial charge in [0.15, 0.2) is 11.9 Å². The summed E-state index contributed by atoms with van der Waals surface area (Å²) in [5.74, 6) is -0.000914. The molecular weight excluding hydrogens is 546 g/mol. The lowest BCUT2D eigenvalue weighted by molar-refractivity contribution is -0.124. The molecule has 0 bridgehead atoms. The average molecular weight is 574 g/mol. The van der Waals surface area contributed by atoms with Crippen LogP contribution in [0.15, 0.2) is 82.2 Å². The summed E-state index contributed by atoms with van der Waals surface area (Å²) in [5.41, 5.74) is 4.02. The first-order valence-electron chi connectivity index (χ1n) is 12.8. The van der Waals surface area contributed by atoms with Gasteiger partial charge in [0.05, 0.1) is 21.5 Å². The molecular formula is C29H27N5O6S. The van der Waals surface area contributed by atoms with Gasteiger partial charge in [-0.15, -0.1) is 0 Å². The fourth-order valence-corrected chi connectivity index (χ4v) is 5.04. The van der Waals surface area contributed by atoms with Gasteiger partial charge in [0.1, 0.15) is 11.6 Å². The van der Waals surface area contributed by atoms with Crippen LogP contribution in [0.5, 0.6) is 0 Å². The lowest BCUT2D eigenvalue weighted by Crippen LogP contribution is -2.32. The van der Waals surface area contributed by atoms with Crippen molar-refractivity contribution in [2.75, 3.05) is 10.0 Å². The highest BCUT2D eigenvalue weighted by Crippen LogP contribution is 2.23. The van der Waals surface area contributed by atoms with Crippen molar-refractivity contribution in [2.24, 2.45) is 0 Å². The van der Waals surface area contributed by atoms with Crippen molar-refractivity contribution in [3.05, 3.63) is 89.7 Å². The highest BCUT2D eigenvalue weighted by Gasteiger charge is 2.23. The molecule has 12 heteroatoms. The second kappa shape index (κ2) is 11.3. The van der Waals surface area contributed by atoms with Crippen molar-refractivity contribution >= 4 is 44.4 Å². The molecule has 0 fully saturated rings. The van der Waals surface area contributed by atoms with E-state index in [9.17, 15) is 18.0 Å². The number of nitrogens with zero attached hydrogens (tertiary/aromatic N) is 2. The van der Waals surface area contributed by atoms with E-state index in [4.69, 9.17) is 9.26 Å². The number of benzene rings is 3. The quantitative estimate of drug-likeness (QED) is 0.203. The molecule has 0 saturated carbocycles. The Morgan fingerprint density at radius 2 is 1.73 bits per heavy atom. The first-order valence-corrected chi connectivity index (χ1v) is 14.2. The molecule has 5 rings (SSSR count). The minimum Gasteiger partial charge on any atom is -0.449 e. The zero-order valence-electron chi connectivity index (χ0n) is 22.5. The van der Waals surface area contributed by atoms with Gasteiger partial charge in [-0.2, -0.15) is 0 Å². The number of aromatic nitrogens is 3. The second-order valence-corrected chi connectivity index (χ2v) is 11.1. The standard InChI is InChI=1S/C29H27N5O6S/c1-4-25(28(35)30-21-10-12-22(13-11-21)41(37,38)34-26-15-18(3)40-33-26)39-29(36)20-9-14-23-24(16-20)32-27(31-23)19-7-5-17(2)6-8-19/h5-16,25H,4H2,1-3H3,(H,30,35)(H,31,32)(H,33,34). The summed E-state index contributed by atoms with van der Waals surface area (Å²) in [6.07, 6.45) is -0.835. The van der Waals surface area contributed by atoms with Gasteiger partial charge in [-0.3, -0.25) is 9.52 Å². The molecule has 0 aliphatic carbocycles. The van der Waals surface area contributed by atoms with Crippen LogP contribution in [0.25, 0.3) is 22.4 Å². The number of fused-ring (bicyclic) bond motifs is 1. The maximum Gasteiger partial charge on any atom is 0.338 e. The largest absolute Gasteiger partial charge is 0.449 e. The molecule has 0 spiro atoms. The molecule has 5 aromatic rings. The number of carbonyl (C=O) groups excluding carboxylic acids is 2. The Morgan fingerprint density at radius 3 is 2.39 bits per heavy atom. The van der Waals surface area contributed by atoms with E-state index in [0.717, 1.165) is 11.1 Å². The molecule has 2 aromatic heterocycles. The Morgan fingerprint density at radius 1 is 1.00 bits per heavy atom. The first-order chi connectivity index (χ1) is 19.6. The van der Waals surface area contributed by atoms with E-state index in [0.29, 0.717) is 28.3 Å². The highest BCUT2D eigenvalue weighted by molar-refractivity contribution is 7.92. The van der Waals surface area contributed by atoms with Crippen LogP contribution < -0.4 is 10.0 Å². The molecule has 0 aliphatic heterocycles. The summed E-state index contributed by atoms with van der Waals surface area (Å²) in [5, 5.41) is 6.28. The third-order valence-electron chi connectivity index (χ3n) is 6.25. The number of aryl methyl sites for hydroxylation is 2. The molecule has 2 heterocycles. The zero-order chi connectivity index (χ0) is 29.1. The van der Waals surface area contributed by atoms with Crippen LogP contribution in [0.4, 0.5) is 11.5 Å². The lowest BCUT2D eigenvalue weighted by Gasteiger charge is -2.16. The van der Waals surface area contributed by atoms with Crippen LogP contribution in [0.1, 0.15) is 35.0 Å². The molecule has 0 radical (unpaired) electrons. The molecule has 11 nitrogen and oxygen atoms in total. The summed E-state index contributed by atoms with van der Waals surface area (Å²) in [6.45, 7) is 5.37. The minimum absolute atomic E-state index is 0.0330. The number of imidazole rings is 1. The molecule has 3 aromatic carbocycles. The third kappa shape index (κ3) is 6.28. The van der Waals surface area contributed by atoms with Gasteiger partial charge in [-0.05, 0) is 62.7 Å². The maximum atomic E-state index is 12.9. The van der Waals surface area contributed by atoms with E-state index < -0.39 is 28.0 Å². The number of H-pyrrole nitrogens is 1. The van der Waals surface area contributed by atoms with Gasteiger partial charge in [-0.25, -0.2) is 18.2 Å². The molecule has 41 heavy (non-hydrogen) atoms. The number of ether oxygens (including phenoxy) is 1. The van der Waals surface area contributed by atoms with Gasteiger partial charge in [0, 0.05) is 17.3 Å². The van der Waals surface area contributed by atoms with Crippen LogP contribution in [0.3, 0.4) is 0 Å². The number of hydrogen-bond acceptors (Lipinski definition) is 8. The van der Waals surface area contributed by atoms with Crippen molar-refractivity contribution in [1.82, 2.24) is 15.1 Å². The Kier molecular flexibility index (Phi) is 7.58. The normalized spacial score (nSPS) is 12.2. The number of rotatable bonds is 9. The van der Waals surface area contributed by atoms with Crippen molar-refractivity contribution in [3.8, 4) is 11.4 Å². The number of carbonyl (C=O) groups is 2. The smallest absolute Gasteiger partial charge is 0.338 e. The molecule has 0 saturated heterocycles. The predicted molar refractivity (Wildman–Crippen MR) is 153 cm³/mol. The lowest BCUT2D eigenvalue weighted by atomic mass is 10.1. The van der Waals surface area contributed by atoms with Crippen LogP contribution in [0.2, 0.25) is 0 Å². The molecule has 3 N–H and O–H groups in total. The van der Waals surface area contributed by atoms with Crippen LogP contribution >= 0.6 is 0 Å². The summed E-state index contributed by atoms with van der Waals surface area (Å²) < 4.78 is 37.9. The van der Waals surface area contributed by atoms with Crippen molar-refractivity contribution < 1.29 is 27.3 Å². The summed E-state index contributed by atoms with van der Waals surface area (Å²) in [4.78, 5) is 33.6. The SMILES string of the molecule is CCC(OC(=O)c1ccc2nc(-c3ccc(C)cc3)[nH]c2c1)C(=O)Nc1ccc(S(=O)(=O)Nc2cc(C)on2)cc1. The van der Waals surface area contributed by atoms with Crippen molar-refractivity contribution in [2.45, 2.75) is 38.2 Å². The van der Waals surface area contributed by atoms with Crippen molar-refractivity contribution in [1.29, 1.82) is 0 Å². The summed E-state index contributed by atoms with van der Waals surface area (Å²) >= 11 is 0. The van der Waals surface area contributed by atoms with Gasteiger partial charge in [-0.1, -0.05) is 41.9 Å². The highest BCUT2D eigenvalue weighted by atomic mass is 32.2. The van der Waals surface area contributed by atoms with E-state index in [1.165, 1.54) is 30.3 Å². The Hall–Kier alpha value is -4.97. The predicted octanol–water partition coefficient (Wildman–Crippen LogP) is 5.21. The number of nitrogens with one attached hydrogen (secondary N) is 3. The van der Waals surface area contributed by atoms with E-state index in [1.807, 2.05) is 31.2 Å². The van der Waals surface area contributed by atoms with Gasteiger partial charge in [0.25, 0.3) is 15.9 Å². The van der Waals surface area contributed by atoms with Crippen LogP contribution in [0, 0.1) is 13.8 Å². The Balaban J connectivity index is 1.23. The summed E-state index contributed by atoms with van der Waals surface area (Å²) in [7, 11) is -3.91. The van der Waals surface area contributed by atoms with Crippen molar-refractivity contribution in [3.63, 3.8) is 0 Å². The Bertz CT molecular complexity index is 1830. The molecule has 1 atom stereocenters. The second-order valence-electron chi connectivity index (χ2n) is 9.43. The summed E-state index contributed by atoms with van der Waals surface area (Å²) in [6, 6.07) is 19.9. The fraction of sp³-hybridized carbons (Fsp3) is 0.172. The van der Waals surface area contributed by atoms with Gasteiger partial charge in [0.2, 0.25) is 0 Å². The zero-order valence-corrected chi connectivity index (χ0v) is 23.3. The Labute approximate surface area is 236 Å². The monoisotopic (exact) mass is 573 g/mol. The topological polar surface area (TPSA) is 156 Å². The first kappa shape index (κ1) is 27.6. The van der Waals surface area contributed by atoms with Crippen LogP contribution in [-0.2, 0) is 19.6 Å². The molecule has 1 amide bonds. The minimum atomic E-state index is -3.91. The number of sulfonamides is 1. The number of amides is 1. The number of aromatic amines is 1. The van der Waals surface area contributed by atoms with E-state index in [1.54, 1.807) is 32.0 Å². The van der Waals surface area contributed by atoms with E-state index in [-0.39, 0.29) is 22.7 Å². The molecule has 210 valence electrons. The average Bonchev–Trinajstić information content (AvgIpc) is 3.57. The molecule has 0 aliphatic rings. The number of esters is 1. The van der Waals surface area contributed by atoms with E-state index >= 15 is 0 Å². The maximum absolute atomic E-state index is 12.9. The number of hydrogen-bond donors (Lipinski definition) is 3. The number of anilines is 2. The van der Waals surface area contributed by atoms with Gasteiger partial charge >= 0.3 is 5.97 Å². The molecule has 1 unspecified atom stereocenters. The van der Waals surface area contributed by atoms with Gasteiger partial charge < -0.3 is 19.6 Å². The van der Waals surface area contributed by atoms with E-state index in [2.05, 4.69) is 25.2 Å².